The second-order valence-corrected chi connectivity index (χ2v) is 7.48. The lowest BCUT2D eigenvalue weighted by atomic mass is 10.0. The van der Waals surface area contributed by atoms with Crippen LogP contribution in [0.4, 0.5) is 4.39 Å². The van der Waals surface area contributed by atoms with Crippen LogP contribution in [0.1, 0.15) is 28.9 Å². The molecule has 2 heterocycles. The minimum atomic E-state index is -0.202. The number of likely N-dealkylation sites (tertiary alicyclic amines) is 1. The van der Waals surface area contributed by atoms with Gasteiger partial charge in [-0.05, 0) is 49.6 Å². The van der Waals surface area contributed by atoms with Crippen LogP contribution in [-0.2, 0) is 13.5 Å². The second-order valence-electron chi connectivity index (χ2n) is 7.48. The topological polar surface area (TPSA) is 50.2 Å². The minimum absolute atomic E-state index is 0.0680. The lowest BCUT2D eigenvalue weighted by Gasteiger charge is -2.33. The van der Waals surface area contributed by atoms with Crippen LogP contribution in [0.3, 0.4) is 0 Å². The number of aromatic nitrogens is 2. The molecule has 146 valence electrons. The van der Waals surface area contributed by atoms with E-state index in [2.05, 4.69) is 15.3 Å². The Morgan fingerprint density at radius 1 is 1.21 bits per heavy atom. The summed E-state index contributed by atoms with van der Waals surface area (Å²) in [6.45, 7) is 2.78. The quantitative estimate of drug-likeness (QED) is 0.740. The van der Waals surface area contributed by atoms with E-state index in [1.807, 2.05) is 43.4 Å². The lowest BCUT2D eigenvalue weighted by molar-refractivity contribution is 0.0896. The molecule has 0 spiro atoms. The van der Waals surface area contributed by atoms with E-state index in [0.717, 1.165) is 55.4 Å². The number of nitrogens with zero attached hydrogens (tertiary/aromatic N) is 3. The Morgan fingerprint density at radius 3 is 2.82 bits per heavy atom. The van der Waals surface area contributed by atoms with Crippen molar-refractivity contribution in [1.29, 1.82) is 0 Å². The number of halogens is 1. The Labute approximate surface area is 164 Å². The van der Waals surface area contributed by atoms with Gasteiger partial charge >= 0.3 is 0 Å². The number of carbonyl (C=O) groups excluding carboxylic acids is 1. The normalized spacial score (nSPS) is 17.7. The SMILES string of the molecule is Cn1nc2ccccc2c1C(=O)NC1CCCN(CCc2ccc(F)cc2)C1. The Hall–Kier alpha value is -2.73. The minimum Gasteiger partial charge on any atom is -0.347 e. The summed E-state index contributed by atoms with van der Waals surface area (Å²) in [6, 6.07) is 14.5. The maximum absolute atomic E-state index is 13.0. The van der Waals surface area contributed by atoms with Crippen molar-refractivity contribution in [3.63, 3.8) is 0 Å². The molecular weight excluding hydrogens is 355 g/mol. The molecule has 0 saturated carbocycles. The van der Waals surface area contributed by atoms with Crippen LogP contribution in [-0.4, -0.2) is 46.3 Å². The summed E-state index contributed by atoms with van der Waals surface area (Å²) in [5, 5.41) is 8.51. The van der Waals surface area contributed by atoms with Gasteiger partial charge in [-0.2, -0.15) is 5.10 Å². The van der Waals surface area contributed by atoms with E-state index >= 15 is 0 Å². The van der Waals surface area contributed by atoms with E-state index in [1.54, 1.807) is 4.68 Å². The van der Waals surface area contributed by atoms with Gasteiger partial charge < -0.3 is 10.2 Å². The average molecular weight is 380 g/mol. The smallest absolute Gasteiger partial charge is 0.270 e. The van der Waals surface area contributed by atoms with E-state index in [4.69, 9.17) is 0 Å². The number of rotatable bonds is 5. The summed E-state index contributed by atoms with van der Waals surface area (Å²) < 4.78 is 14.7. The first kappa shape index (κ1) is 18.6. The zero-order valence-corrected chi connectivity index (χ0v) is 16.1. The summed E-state index contributed by atoms with van der Waals surface area (Å²) in [5.74, 6) is -0.270. The number of nitrogens with one attached hydrogen (secondary N) is 1. The van der Waals surface area contributed by atoms with Crippen molar-refractivity contribution in [2.24, 2.45) is 7.05 Å². The van der Waals surface area contributed by atoms with Crippen LogP contribution in [0, 0.1) is 5.82 Å². The van der Waals surface area contributed by atoms with Crippen LogP contribution in [0.5, 0.6) is 0 Å². The van der Waals surface area contributed by atoms with Gasteiger partial charge in [0.25, 0.3) is 5.91 Å². The molecule has 1 aliphatic rings. The third-order valence-corrected chi connectivity index (χ3v) is 5.43. The van der Waals surface area contributed by atoms with Gasteiger partial charge in [0.05, 0.1) is 5.52 Å². The predicted molar refractivity (Wildman–Crippen MR) is 108 cm³/mol. The largest absolute Gasteiger partial charge is 0.347 e. The zero-order valence-electron chi connectivity index (χ0n) is 16.1. The van der Waals surface area contributed by atoms with Crippen molar-refractivity contribution in [2.75, 3.05) is 19.6 Å². The van der Waals surface area contributed by atoms with E-state index in [0.29, 0.717) is 5.69 Å². The predicted octanol–water partition coefficient (Wildman–Crippen LogP) is 3.15. The summed E-state index contributed by atoms with van der Waals surface area (Å²) >= 11 is 0. The third kappa shape index (κ3) is 4.07. The van der Waals surface area contributed by atoms with Gasteiger partial charge in [0.15, 0.2) is 0 Å². The van der Waals surface area contributed by atoms with Crippen LogP contribution in [0.15, 0.2) is 48.5 Å². The molecule has 5 nitrogen and oxygen atoms in total. The molecule has 6 heteroatoms. The first-order valence-electron chi connectivity index (χ1n) is 9.79. The van der Waals surface area contributed by atoms with Gasteiger partial charge in [0, 0.05) is 31.6 Å². The molecule has 1 saturated heterocycles. The fourth-order valence-electron chi connectivity index (χ4n) is 3.98. The molecule has 0 bridgehead atoms. The van der Waals surface area contributed by atoms with Gasteiger partial charge in [-0.25, -0.2) is 4.39 Å². The fourth-order valence-corrected chi connectivity index (χ4v) is 3.98. The highest BCUT2D eigenvalue weighted by Gasteiger charge is 2.24. The van der Waals surface area contributed by atoms with Crippen LogP contribution in [0.2, 0.25) is 0 Å². The number of aryl methyl sites for hydroxylation is 1. The molecule has 2 aromatic carbocycles. The lowest BCUT2D eigenvalue weighted by Crippen LogP contribution is -2.48. The fraction of sp³-hybridized carbons (Fsp3) is 0.364. The van der Waals surface area contributed by atoms with Crippen LogP contribution in [0.25, 0.3) is 10.9 Å². The van der Waals surface area contributed by atoms with E-state index in [9.17, 15) is 9.18 Å². The number of piperidine rings is 1. The van der Waals surface area contributed by atoms with Gasteiger partial charge in [-0.1, -0.05) is 30.3 Å². The first-order valence-corrected chi connectivity index (χ1v) is 9.79. The molecule has 1 aliphatic heterocycles. The first-order chi connectivity index (χ1) is 13.6. The average Bonchev–Trinajstić information content (AvgIpc) is 3.03. The summed E-state index contributed by atoms with van der Waals surface area (Å²) in [7, 11) is 1.81. The summed E-state index contributed by atoms with van der Waals surface area (Å²) in [5.41, 5.74) is 2.58. The number of hydrogen-bond acceptors (Lipinski definition) is 3. The number of fused-ring (bicyclic) bond motifs is 1. The van der Waals surface area contributed by atoms with Crippen molar-refractivity contribution in [1.82, 2.24) is 20.0 Å². The molecule has 28 heavy (non-hydrogen) atoms. The van der Waals surface area contributed by atoms with Crippen molar-refractivity contribution >= 4 is 16.8 Å². The summed E-state index contributed by atoms with van der Waals surface area (Å²) in [4.78, 5) is 15.3. The van der Waals surface area contributed by atoms with Gasteiger partial charge in [-0.15, -0.1) is 0 Å². The number of amides is 1. The third-order valence-electron chi connectivity index (χ3n) is 5.43. The van der Waals surface area contributed by atoms with E-state index in [-0.39, 0.29) is 17.8 Å². The highest BCUT2D eigenvalue weighted by Crippen LogP contribution is 2.18. The Morgan fingerprint density at radius 2 is 2.00 bits per heavy atom. The standard InChI is InChI=1S/C22H25FN4O/c1-26-21(19-6-2-3-7-20(19)25-26)22(28)24-18-5-4-13-27(15-18)14-12-16-8-10-17(23)11-9-16/h2-3,6-11,18H,4-5,12-15H2,1H3,(H,24,28). The van der Waals surface area contributed by atoms with E-state index < -0.39 is 0 Å². The molecule has 1 aromatic heterocycles. The van der Waals surface area contributed by atoms with Crippen LogP contribution >= 0.6 is 0 Å². The van der Waals surface area contributed by atoms with Gasteiger partial charge in [-0.3, -0.25) is 9.48 Å². The number of carbonyl (C=O) groups is 1. The molecule has 1 amide bonds. The molecule has 1 atom stereocenters. The molecule has 0 aliphatic carbocycles. The van der Waals surface area contributed by atoms with Crippen molar-refractivity contribution in [3.05, 3.63) is 65.6 Å². The molecule has 0 radical (unpaired) electrons. The molecule has 4 rings (SSSR count). The monoisotopic (exact) mass is 380 g/mol. The molecule has 1 fully saturated rings. The van der Waals surface area contributed by atoms with Gasteiger partial charge in [0.1, 0.15) is 11.5 Å². The summed E-state index contributed by atoms with van der Waals surface area (Å²) in [6.07, 6.45) is 2.92. The van der Waals surface area contributed by atoms with Crippen molar-refractivity contribution < 1.29 is 9.18 Å². The Kier molecular flexibility index (Phi) is 5.39. The zero-order chi connectivity index (χ0) is 19.5. The van der Waals surface area contributed by atoms with Crippen molar-refractivity contribution in [3.8, 4) is 0 Å². The Balaban J connectivity index is 1.37. The van der Waals surface area contributed by atoms with Crippen molar-refractivity contribution in [2.45, 2.75) is 25.3 Å². The van der Waals surface area contributed by atoms with Gasteiger partial charge in [0.2, 0.25) is 0 Å². The maximum atomic E-state index is 13.0. The highest BCUT2D eigenvalue weighted by molar-refractivity contribution is 6.05. The Bertz CT molecular complexity index is 966. The maximum Gasteiger partial charge on any atom is 0.270 e. The van der Waals surface area contributed by atoms with Crippen LogP contribution < -0.4 is 5.32 Å². The molecular formula is C22H25FN4O. The number of benzene rings is 2. The molecule has 1 N–H and O–H groups in total. The second kappa shape index (κ2) is 8.10. The number of hydrogen-bond donors (Lipinski definition) is 1. The highest BCUT2D eigenvalue weighted by atomic mass is 19.1. The molecule has 1 unspecified atom stereocenters. The van der Waals surface area contributed by atoms with E-state index in [1.165, 1.54) is 12.1 Å². The molecule has 3 aromatic rings.